The molecular weight excluding hydrogens is 357 g/mol. The molecule has 1 aliphatic carbocycles. The van der Waals surface area contributed by atoms with Gasteiger partial charge in [0.05, 0.1) is 0 Å². The van der Waals surface area contributed by atoms with Crippen LogP contribution in [-0.4, -0.2) is 30.4 Å². The van der Waals surface area contributed by atoms with Crippen molar-refractivity contribution in [3.8, 4) is 5.75 Å². The number of pyridine rings is 1. The van der Waals surface area contributed by atoms with Crippen LogP contribution >= 0.6 is 0 Å². The zero-order valence-electron chi connectivity index (χ0n) is 13.0. The van der Waals surface area contributed by atoms with Crippen LogP contribution in [0.15, 0.2) is 47.6 Å². The molecule has 134 valence electrons. The van der Waals surface area contributed by atoms with Gasteiger partial charge in [-0.25, -0.2) is 12.8 Å². The highest BCUT2D eigenvalue weighted by atomic mass is 32.2. The van der Waals surface area contributed by atoms with E-state index in [9.17, 15) is 21.6 Å². The van der Waals surface area contributed by atoms with Gasteiger partial charge in [0, 0.05) is 30.5 Å². The summed E-state index contributed by atoms with van der Waals surface area (Å²) in [7, 11) is -3.89. The molecule has 1 aromatic carbocycles. The molecule has 0 bridgehead atoms. The molecule has 0 atom stereocenters. The second-order valence-electron chi connectivity index (χ2n) is 5.60. The molecule has 0 N–H and O–H groups in total. The van der Waals surface area contributed by atoms with Gasteiger partial charge in [0.1, 0.15) is 16.5 Å². The number of sulfonamides is 1. The number of ether oxygens (including phenoxy) is 1. The molecule has 1 aromatic heterocycles. The maximum Gasteiger partial charge on any atom is 0.387 e. The Morgan fingerprint density at radius 2 is 2.04 bits per heavy atom. The van der Waals surface area contributed by atoms with Gasteiger partial charge in [-0.05, 0) is 43.2 Å². The fourth-order valence-electron chi connectivity index (χ4n) is 2.46. The predicted molar refractivity (Wildman–Crippen MR) is 83.0 cm³/mol. The van der Waals surface area contributed by atoms with Gasteiger partial charge < -0.3 is 4.74 Å². The summed E-state index contributed by atoms with van der Waals surface area (Å²) in [6.07, 6.45) is 3.97. The molecule has 1 fully saturated rings. The Morgan fingerprint density at radius 1 is 1.28 bits per heavy atom. The summed E-state index contributed by atoms with van der Waals surface area (Å²) in [5, 5.41) is 0. The standard InChI is InChI=1S/C16H15F3N2O3S/c17-12-3-6-15(24-16(18)19)11(8-12)10-21(13-4-5-13)25(22,23)14-2-1-7-20-9-14/h1-3,6-9,13,16H,4-5,10H2. The highest BCUT2D eigenvalue weighted by molar-refractivity contribution is 7.89. The molecule has 1 aliphatic rings. The molecule has 1 saturated carbocycles. The molecule has 0 unspecified atom stereocenters. The predicted octanol–water partition coefficient (Wildman–Crippen LogP) is 3.18. The first-order chi connectivity index (χ1) is 11.9. The molecule has 0 aliphatic heterocycles. The number of hydrogen-bond acceptors (Lipinski definition) is 4. The molecule has 2 aromatic rings. The highest BCUT2D eigenvalue weighted by Crippen LogP contribution is 2.35. The van der Waals surface area contributed by atoms with Crippen molar-refractivity contribution in [1.29, 1.82) is 0 Å². The van der Waals surface area contributed by atoms with E-state index in [1.165, 1.54) is 28.8 Å². The van der Waals surface area contributed by atoms with E-state index in [0.717, 1.165) is 18.2 Å². The Hall–Kier alpha value is -2.13. The fourth-order valence-corrected chi connectivity index (χ4v) is 4.09. The lowest BCUT2D eigenvalue weighted by atomic mass is 10.2. The third-order valence-electron chi connectivity index (χ3n) is 3.76. The minimum Gasteiger partial charge on any atom is -0.434 e. The Morgan fingerprint density at radius 3 is 2.64 bits per heavy atom. The molecule has 0 radical (unpaired) electrons. The SMILES string of the molecule is O=S(=O)(c1cccnc1)N(Cc1cc(F)ccc1OC(F)F)C1CC1. The quantitative estimate of drug-likeness (QED) is 0.749. The van der Waals surface area contributed by atoms with E-state index >= 15 is 0 Å². The van der Waals surface area contributed by atoms with E-state index in [1.807, 2.05) is 0 Å². The topological polar surface area (TPSA) is 59.5 Å². The summed E-state index contributed by atoms with van der Waals surface area (Å²) in [6, 6.07) is 5.70. The zero-order valence-corrected chi connectivity index (χ0v) is 13.8. The summed E-state index contributed by atoms with van der Waals surface area (Å²) in [5.41, 5.74) is 0.0414. The Kier molecular flexibility index (Phi) is 4.96. The number of alkyl halides is 2. The molecule has 0 amide bonds. The van der Waals surface area contributed by atoms with Crippen molar-refractivity contribution in [3.63, 3.8) is 0 Å². The van der Waals surface area contributed by atoms with Crippen molar-refractivity contribution in [3.05, 3.63) is 54.1 Å². The van der Waals surface area contributed by atoms with Crippen molar-refractivity contribution < 1.29 is 26.3 Å². The number of rotatable bonds is 7. The van der Waals surface area contributed by atoms with Crippen LogP contribution in [0, 0.1) is 5.82 Å². The number of aromatic nitrogens is 1. The maximum absolute atomic E-state index is 13.6. The molecular formula is C16H15F3N2O3S. The Bertz CT molecular complexity index is 843. The largest absolute Gasteiger partial charge is 0.434 e. The van der Waals surface area contributed by atoms with Crippen molar-refractivity contribution in [1.82, 2.24) is 9.29 Å². The summed E-state index contributed by atoms with van der Waals surface area (Å²) in [4.78, 5) is 3.80. The molecule has 1 heterocycles. The van der Waals surface area contributed by atoms with Crippen LogP contribution < -0.4 is 4.74 Å². The Balaban J connectivity index is 1.95. The van der Waals surface area contributed by atoms with Crippen molar-refractivity contribution in [2.75, 3.05) is 0 Å². The van der Waals surface area contributed by atoms with Gasteiger partial charge in [0.2, 0.25) is 10.0 Å². The Labute approximate surface area is 143 Å². The van der Waals surface area contributed by atoms with Crippen molar-refractivity contribution >= 4 is 10.0 Å². The second kappa shape index (κ2) is 7.01. The third-order valence-corrected chi connectivity index (χ3v) is 5.64. The summed E-state index contributed by atoms with van der Waals surface area (Å²) >= 11 is 0. The van der Waals surface area contributed by atoms with Crippen LogP contribution in [0.5, 0.6) is 5.75 Å². The lowest BCUT2D eigenvalue weighted by molar-refractivity contribution is -0.0506. The van der Waals surface area contributed by atoms with Gasteiger partial charge in [-0.2, -0.15) is 13.1 Å². The van der Waals surface area contributed by atoms with E-state index in [0.29, 0.717) is 12.8 Å². The van der Waals surface area contributed by atoms with Crippen molar-refractivity contribution in [2.45, 2.75) is 36.9 Å². The smallest absolute Gasteiger partial charge is 0.387 e. The second-order valence-corrected chi connectivity index (χ2v) is 7.49. The van der Waals surface area contributed by atoms with E-state index < -0.39 is 22.5 Å². The van der Waals surface area contributed by atoms with Gasteiger partial charge in [-0.1, -0.05) is 0 Å². The van der Waals surface area contributed by atoms with E-state index in [-0.39, 0.29) is 28.8 Å². The first kappa shape index (κ1) is 17.7. The number of halogens is 3. The third kappa shape index (κ3) is 4.10. The molecule has 0 saturated heterocycles. The molecule has 3 rings (SSSR count). The monoisotopic (exact) mass is 372 g/mol. The summed E-state index contributed by atoms with van der Waals surface area (Å²) in [6.45, 7) is -3.35. The fraction of sp³-hybridized carbons (Fsp3) is 0.312. The summed E-state index contributed by atoms with van der Waals surface area (Å²) < 4.78 is 69.9. The maximum atomic E-state index is 13.6. The molecule has 0 spiro atoms. The number of nitrogens with zero attached hydrogens (tertiary/aromatic N) is 2. The van der Waals surface area contributed by atoms with Gasteiger partial charge in [0.25, 0.3) is 0 Å². The van der Waals surface area contributed by atoms with Gasteiger partial charge in [-0.3, -0.25) is 4.98 Å². The van der Waals surface area contributed by atoms with E-state index in [4.69, 9.17) is 0 Å². The van der Waals surface area contributed by atoms with Crippen LogP contribution in [0.3, 0.4) is 0 Å². The minimum absolute atomic E-state index is 0.00497. The average molecular weight is 372 g/mol. The molecule has 9 heteroatoms. The number of hydrogen-bond donors (Lipinski definition) is 0. The van der Waals surface area contributed by atoms with Gasteiger partial charge in [-0.15, -0.1) is 0 Å². The van der Waals surface area contributed by atoms with Crippen LogP contribution in [0.25, 0.3) is 0 Å². The number of benzene rings is 1. The average Bonchev–Trinajstić information content (AvgIpc) is 3.40. The lowest BCUT2D eigenvalue weighted by Gasteiger charge is -2.23. The van der Waals surface area contributed by atoms with Gasteiger partial charge >= 0.3 is 6.61 Å². The van der Waals surface area contributed by atoms with Crippen molar-refractivity contribution in [2.24, 2.45) is 0 Å². The molecule has 5 nitrogen and oxygen atoms in total. The summed E-state index contributed by atoms with van der Waals surface area (Å²) in [5.74, 6) is -0.908. The van der Waals surface area contributed by atoms with Crippen LogP contribution in [0.2, 0.25) is 0 Å². The van der Waals surface area contributed by atoms with E-state index in [1.54, 1.807) is 0 Å². The first-order valence-corrected chi connectivity index (χ1v) is 8.97. The van der Waals surface area contributed by atoms with Crippen LogP contribution in [0.1, 0.15) is 18.4 Å². The zero-order chi connectivity index (χ0) is 18.0. The highest BCUT2D eigenvalue weighted by Gasteiger charge is 2.38. The molecule has 25 heavy (non-hydrogen) atoms. The normalized spacial score (nSPS) is 14.9. The first-order valence-electron chi connectivity index (χ1n) is 7.53. The lowest BCUT2D eigenvalue weighted by Crippen LogP contribution is -2.33. The van der Waals surface area contributed by atoms with Crippen LogP contribution in [-0.2, 0) is 16.6 Å². The van der Waals surface area contributed by atoms with Crippen LogP contribution in [0.4, 0.5) is 13.2 Å². The minimum atomic E-state index is -3.89. The van der Waals surface area contributed by atoms with E-state index in [2.05, 4.69) is 9.72 Å². The van der Waals surface area contributed by atoms with Gasteiger partial charge in [0.15, 0.2) is 0 Å².